The molecule has 0 aromatic carbocycles. The van der Waals surface area contributed by atoms with Crippen molar-refractivity contribution < 1.29 is 4.74 Å². The molecule has 14 heavy (non-hydrogen) atoms. The van der Waals surface area contributed by atoms with Crippen molar-refractivity contribution >= 4 is 0 Å². The van der Waals surface area contributed by atoms with Crippen molar-refractivity contribution in [2.75, 3.05) is 26.3 Å². The van der Waals surface area contributed by atoms with Crippen LogP contribution in [0.5, 0.6) is 0 Å². The second-order valence-electron chi connectivity index (χ2n) is 4.56. The summed E-state index contributed by atoms with van der Waals surface area (Å²) < 4.78 is 5.40. The van der Waals surface area contributed by atoms with Crippen molar-refractivity contribution in [3.63, 3.8) is 0 Å². The summed E-state index contributed by atoms with van der Waals surface area (Å²) in [5.41, 5.74) is 3.24. The fraction of sp³-hybridized carbons (Fsp3) is 0.833. The molecule has 0 amide bonds. The fourth-order valence-corrected chi connectivity index (χ4v) is 2.74. The lowest BCUT2D eigenvalue weighted by Crippen LogP contribution is -2.38. The van der Waals surface area contributed by atoms with E-state index in [0.717, 1.165) is 32.2 Å². The van der Waals surface area contributed by atoms with Crippen LogP contribution < -0.4 is 0 Å². The Morgan fingerprint density at radius 2 is 2.00 bits per heavy atom. The first-order valence-corrected chi connectivity index (χ1v) is 5.81. The third-order valence-corrected chi connectivity index (χ3v) is 3.44. The minimum absolute atomic E-state index is 0.766. The minimum atomic E-state index is 0.766. The van der Waals surface area contributed by atoms with E-state index in [1.54, 1.807) is 11.3 Å². The summed E-state index contributed by atoms with van der Waals surface area (Å²) in [6.45, 7) is 8.68. The Bertz CT molecular complexity index is 228. The molecule has 2 aliphatic rings. The van der Waals surface area contributed by atoms with Crippen LogP contribution >= 0.6 is 0 Å². The van der Waals surface area contributed by atoms with Gasteiger partial charge in [-0.05, 0) is 32.1 Å². The zero-order valence-corrected chi connectivity index (χ0v) is 9.38. The number of morpholine rings is 1. The number of rotatable bonds is 1. The average molecular weight is 195 g/mol. The van der Waals surface area contributed by atoms with Gasteiger partial charge in [0.2, 0.25) is 0 Å². The summed E-state index contributed by atoms with van der Waals surface area (Å²) in [6.07, 6.45) is 4.04. The van der Waals surface area contributed by atoms with Crippen molar-refractivity contribution in [3.8, 4) is 0 Å². The Labute approximate surface area is 86.9 Å². The normalized spacial score (nSPS) is 29.6. The van der Waals surface area contributed by atoms with E-state index in [4.69, 9.17) is 4.74 Å². The lowest BCUT2D eigenvalue weighted by atomic mass is 9.88. The molecular weight excluding hydrogens is 174 g/mol. The van der Waals surface area contributed by atoms with Crippen LogP contribution in [0.3, 0.4) is 0 Å². The van der Waals surface area contributed by atoms with Gasteiger partial charge in [-0.1, -0.05) is 12.5 Å². The second kappa shape index (κ2) is 4.35. The minimum Gasteiger partial charge on any atom is -0.378 e. The molecule has 0 bridgehead atoms. The zero-order valence-electron chi connectivity index (χ0n) is 9.38. The van der Waals surface area contributed by atoms with Gasteiger partial charge in [-0.3, -0.25) is 0 Å². The fourth-order valence-electron chi connectivity index (χ4n) is 2.74. The third-order valence-electron chi connectivity index (χ3n) is 3.44. The van der Waals surface area contributed by atoms with Crippen molar-refractivity contribution in [1.82, 2.24) is 4.90 Å². The highest BCUT2D eigenvalue weighted by atomic mass is 16.5. The molecule has 1 unspecified atom stereocenters. The smallest absolute Gasteiger partial charge is 0.0642 e. The van der Waals surface area contributed by atoms with Crippen LogP contribution in [0, 0.1) is 5.92 Å². The molecule has 1 aliphatic carbocycles. The van der Waals surface area contributed by atoms with Gasteiger partial charge in [-0.2, -0.15) is 0 Å². The summed E-state index contributed by atoms with van der Waals surface area (Å²) >= 11 is 0. The van der Waals surface area contributed by atoms with E-state index in [-0.39, 0.29) is 0 Å². The summed E-state index contributed by atoms with van der Waals surface area (Å²) in [5.74, 6) is 0.766. The van der Waals surface area contributed by atoms with Gasteiger partial charge in [0, 0.05) is 18.8 Å². The first kappa shape index (κ1) is 10.0. The molecule has 0 aromatic rings. The van der Waals surface area contributed by atoms with E-state index in [1.807, 2.05) is 0 Å². The molecule has 0 N–H and O–H groups in total. The van der Waals surface area contributed by atoms with Crippen LogP contribution in [-0.2, 0) is 4.74 Å². The Kier molecular flexibility index (Phi) is 3.12. The molecule has 0 aromatic heterocycles. The average Bonchev–Trinajstić information content (AvgIpc) is 2.19. The first-order valence-electron chi connectivity index (χ1n) is 5.81. The molecule has 0 spiro atoms. The molecular formula is C12H21NO. The highest BCUT2D eigenvalue weighted by Gasteiger charge is 2.23. The number of hydrogen-bond acceptors (Lipinski definition) is 2. The van der Waals surface area contributed by atoms with Gasteiger partial charge in [0.05, 0.1) is 13.2 Å². The molecule has 1 saturated heterocycles. The molecule has 0 radical (unpaired) electrons. The SMILES string of the molecule is CC1=C(N2CCOCC2)C(C)CCC1. The lowest BCUT2D eigenvalue weighted by molar-refractivity contribution is 0.0470. The van der Waals surface area contributed by atoms with Gasteiger partial charge in [-0.15, -0.1) is 0 Å². The first-order chi connectivity index (χ1) is 6.79. The Balaban J connectivity index is 2.12. The van der Waals surface area contributed by atoms with Crippen LogP contribution in [0.25, 0.3) is 0 Å². The Hall–Kier alpha value is -0.500. The highest BCUT2D eigenvalue weighted by Crippen LogP contribution is 2.32. The van der Waals surface area contributed by atoms with Crippen LogP contribution in [-0.4, -0.2) is 31.2 Å². The quantitative estimate of drug-likeness (QED) is 0.637. The molecule has 80 valence electrons. The maximum absolute atomic E-state index is 5.40. The molecule has 0 saturated carbocycles. The summed E-state index contributed by atoms with van der Waals surface area (Å²) in [6, 6.07) is 0. The third kappa shape index (κ3) is 1.95. The summed E-state index contributed by atoms with van der Waals surface area (Å²) in [4.78, 5) is 2.54. The van der Waals surface area contributed by atoms with E-state index in [1.165, 1.54) is 19.3 Å². The molecule has 2 heteroatoms. The zero-order chi connectivity index (χ0) is 9.97. The number of nitrogens with zero attached hydrogens (tertiary/aromatic N) is 1. The van der Waals surface area contributed by atoms with Crippen molar-refractivity contribution in [3.05, 3.63) is 11.3 Å². The topological polar surface area (TPSA) is 12.5 Å². The Morgan fingerprint density at radius 1 is 1.29 bits per heavy atom. The van der Waals surface area contributed by atoms with Gasteiger partial charge < -0.3 is 9.64 Å². The maximum atomic E-state index is 5.40. The van der Waals surface area contributed by atoms with Crippen molar-refractivity contribution in [2.45, 2.75) is 33.1 Å². The van der Waals surface area contributed by atoms with Gasteiger partial charge >= 0.3 is 0 Å². The van der Waals surface area contributed by atoms with Gasteiger partial charge in [0.15, 0.2) is 0 Å². The van der Waals surface area contributed by atoms with E-state index < -0.39 is 0 Å². The standard InChI is InChI=1S/C12H21NO/c1-10-4-3-5-11(2)12(10)13-6-8-14-9-7-13/h10H,3-9H2,1-2H3. The predicted molar refractivity (Wildman–Crippen MR) is 58.1 cm³/mol. The predicted octanol–water partition coefficient (Wildman–Crippen LogP) is 2.41. The number of hydrogen-bond donors (Lipinski definition) is 0. The molecule has 1 heterocycles. The largest absolute Gasteiger partial charge is 0.378 e. The van der Waals surface area contributed by atoms with Gasteiger partial charge in [0.25, 0.3) is 0 Å². The maximum Gasteiger partial charge on any atom is 0.0642 e. The summed E-state index contributed by atoms with van der Waals surface area (Å²) in [5, 5.41) is 0. The Morgan fingerprint density at radius 3 is 2.64 bits per heavy atom. The molecule has 1 atom stereocenters. The number of allylic oxidation sites excluding steroid dienone is 2. The van der Waals surface area contributed by atoms with Crippen LogP contribution in [0.4, 0.5) is 0 Å². The van der Waals surface area contributed by atoms with Gasteiger partial charge in [-0.25, -0.2) is 0 Å². The number of ether oxygens (including phenoxy) is 1. The van der Waals surface area contributed by atoms with Crippen molar-refractivity contribution in [1.29, 1.82) is 0 Å². The van der Waals surface area contributed by atoms with E-state index >= 15 is 0 Å². The van der Waals surface area contributed by atoms with Crippen LogP contribution in [0.15, 0.2) is 11.3 Å². The second-order valence-corrected chi connectivity index (χ2v) is 4.56. The molecule has 2 rings (SSSR count). The van der Waals surface area contributed by atoms with E-state index in [9.17, 15) is 0 Å². The van der Waals surface area contributed by atoms with E-state index in [2.05, 4.69) is 18.7 Å². The molecule has 1 aliphatic heterocycles. The molecule has 2 nitrogen and oxygen atoms in total. The highest BCUT2D eigenvalue weighted by molar-refractivity contribution is 5.17. The van der Waals surface area contributed by atoms with Crippen molar-refractivity contribution in [2.24, 2.45) is 5.92 Å². The van der Waals surface area contributed by atoms with Crippen LogP contribution in [0.2, 0.25) is 0 Å². The monoisotopic (exact) mass is 195 g/mol. The lowest BCUT2D eigenvalue weighted by Gasteiger charge is -2.37. The van der Waals surface area contributed by atoms with Gasteiger partial charge in [0.1, 0.15) is 0 Å². The van der Waals surface area contributed by atoms with Crippen LogP contribution in [0.1, 0.15) is 33.1 Å². The summed E-state index contributed by atoms with van der Waals surface area (Å²) in [7, 11) is 0. The molecule has 1 fully saturated rings. The van der Waals surface area contributed by atoms with E-state index in [0.29, 0.717) is 0 Å².